The van der Waals surface area contributed by atoms with Gasteiger partial charge in [-0.25, -0.2) is 0 Å². The van der Waals surface area contributed by atoms with E-state index in [4.69, 9.17) is 14.6 Å². The standard InChI is InChI=1S/C9H16O4/c1-7(9(10)11)6-13-8-4-2-3-5-12-8/h7-8H,2-6H2,1H3,(H,10,11)/t7-,8?/m0/s1. The van der Waals surface area contributed by atoms with Gasteiger partial charge in [-0.2, -0.15) is 0 Å². The van der Waals surface area contributed by atoms with E-state index in [1.165, 1.54) is 0 Å². The Morgan fingerprint density at radius 3 is 3.00 bits per heavy atom. The highest BCUT2D eigenvalue weighted by Gasteiger charge is 2.17. The fourth-order valence-electron chi connectivity index (χ4n) is 1.17. The molecule has 1 aliphatic heterocycles. The molecule has 1 unspecified atom stereocenters. The van der Waals surface area contributed by atoms with Crippen molar-refractivity contribution in [1.82, 2.24) is 0 Å². The van der Waals surface area contributed by atoms with E-state index in [2.05, 4.69) is 0 Å². The maximum Gasteiger partial charge on any atom is 0.308 e. The smallest absolute Gasteiger partial charge is 0.308 e. The maximum absolute atomic E-state index is 10.5. The van der Waals surface area contributed by atoms with Crippen molar-refractivity contribution in [3.63, 3.8) is 0 Å². The maximum atomic E-state index is 10.5. The molecule has 1 saturated heterocycles. The normalized spacial score (nSPS) is 25.5. The predicted molar refractivity (Wildman–Crippen MR) is 46.3 cm³/mol. The number of hydrogen-bond acceptors (Lipinski definition) is 3. The Hall–Kier alpha value is -0.610. The van der Waals surface area contributed by atoms with Crippen LogP contribution in [0.25, 0.3) is 0 Å². The first-order valence-electron chi connectivity index (χ1n) is 4.66. The van der Waals surface area contributed by atoms with Gasteiger partial charge >= 0.3 is 5.97 Å². The van der Waals surface area contributed by atoms with Crippen molar-refractivity contribution in [2.75, 3.05) is 13.2 Å². The molecule has 0 spiro atoms. The molecule has 0 bridgehead atoms. The third kappa shape index (κ3) is 3.74. The SMILES string of the molecule is C[C@@H](COC1CCCCO1)C(=O)O. The summed E-state index contributed by atoms with van der Waals surface area (Å²) >= 11 is 0. The van der Waals surface area contributed by atoms with Crippen LogP contribution in [0.3, 0.4) is 0 Å². The molecule has 2 atom stereocenters. The molecule has 0 aliphatic carbocycles. The van der Waals surface area contributed by atoms with Crippen molar-refractivity contribution < 1.29 is 19.4 Å². The van der Waals surface area contributed by atoms with Crippen LogP contribution in [-0.4, -0.2) is 30.6 Å². The van der Waals surface area contributed by atoms with Gasteiger partial charge in [0.05, 0.1) is 12.5 Å². The van der Waals surface area contributed by atoms with Crippen LogP contribution >= 0.6 is 0 Å². The Morgan fingerprint density at radius 1 is 1.69 bits per heavy atom. The van der Waals surface area contributed by atoms with Gasteiger partial charge in [-0.3, -0.25) is 4.79 Å². The summed E-state index contributed by atoms with van der Waals surface area (Å²) in [6.07, 6.45) is 2.88. The summed E-state index contributed by atoms with van der Waals surface area (Å²) in [5.74, 6) is -1.28. The zero-order chi connectivity index (χ0) is 9.68. The minimum Gasteiger partial charge on any atom is -0.481 e. The average Bonchev–Trinajstić information content (AvgIpc) is 2.15. The largest absolute Gasteiger partial charge is 0.481 e. The summed E-state index contributed by atoms with van der Waals surface area (Å²) in [5.41, 5.74) is 0. The summed E-state index contributed by atoms with van der Waals surface area (Å²) in [6.45, 7) is 2.59. The molecule has 4 nitrogen and oxygen atoms in total. The molecule has 0 saturated carbocycles. The molecule has 1 N–H and O–H groups in total. The van der Waals surface area contributed by atoms with Crippen LogP contribution in [0.15, 0.2) is 0 Å². The molecule has 1 rings (SSSR count). The van der Waals surface area contributed by atoms with Crippen LogP contribution in [-0.2, 0) is 14.3 Å². The number of carboxylic acids is 1. The predicted octanol–water partition coefficient (Wildman–Crippen LogP) is 1.25. The Labute approximate surface area is 77.8 Å². The molecular weight excluding hydrogens is 172 g/mol. The average molecular weight is 188 g/mol. The van der Waals surface area contributed by atoms with Gasteiger partial charge in [0.1, 0.15) is 0 Å². The summed E-state index contributed by atoms with van der Waals surface area (Å²) in [5, 5.41) is 8.59. The Balaban J connectivity index is 2.13. The molecule has 0 aromatic carbocycles. The van der Waals surface area contributed by atoms with E-state index in [1.807, 2.05) is 0 Å². The van der Waals surface area contributed by atoms with Crippen LogP contribution in [0.4, 0.5) is 0 Å². The minimum atomic E-state index is -0.823. The lowest BCUT2D eigenvalue weighted by molar-refractivity contribution is -0.174. The monoisotopic (exact) mass is 188 g/mol. The first-order valence-corrected chi connectivity index (χ1v) is 4.66. The zero-order valence-electron chi connectivity index (χ0n) is 7.86. The van der Waals surface area contributed by atoms with E-state index < -0.39 is 11.9 Å². The Morgan fingerprint density at radius 2 is 2.46 bits per heavy atom. The second-order valence-electron chi connectivity index (χ2n) is 3.37. The van der Waals surface area contributed by atoms with Crippen LogP contribution in [0.1, 0.15) is 26.2 Å². The van der Waals surface area contributed by atoms with Crippen LogP contribution in [0, 0.1) is 5.92 Å². The van der Waals surface area contributed by atoms with Gasteiger partial charge < -0.3 is 14.6 Å². The highest BCUT2D eigenvalue weighted by atomic mass is 16.7. The highest BCUT2D eigenvalue weighted by Crippen LogP contribution is 2.14. The van der Waals surface area contributed by atoms with Gasteiger partial charge in [0.15, 0.2) is 6.29 Å². The van der Waals surface area contributed by atoms with Crippen molar-refractivity contribution in [3.05, 3.63) is 0 Å². The Bertz CT molecular complexity index is 163. The summed E-state index contributed by atoms with van der Waals surface area (Å²) < 4.78 is 10.6. The fourth-order valence-corrected chi connectivity index (χ4v) is 1.17. The van der Waals surface area contributed by atoms with Crippen molar-refractivity contribution in [2.24, 2.45) is 5.92 Å². The van der Waals surface area contributed by atoms with Crippen molar-refractivity contribution >= 4 is 5.97 Å². The van der Waals surface area contributed by atoms with Crippen LogP contribution < -0.4 is 0 Å². The summed E-state index contributed by atoms with van der Waals surface area (Å²) in [7, 11) is 0. The first kappa shape index (κ1) is 10.5. The molecule has 76 valence electrons. The molecule has 0 aromatic heterocycles. The molecule has 1 aliphatic rings. The fraction of sp³-hybridized carbons (Fsp3) is 0.889. The van der Waals surface area contributed by atoms with Gasteiger partial charge in [-0.05, 0) is 26.2 Å². The minimum absolute atomic E-state index is 0.185. The third-order valence-electron chi connectivity index (χ3n) is 2.09. The second-order valence-corrected chi connectivity index (χ2v) is 3.37. The molecule has 13 heavy (non-hydrogen) atoms. The van der Waals surface area contributed by atoms with Gasteiger partial charge in [-0.1, -0.05) is 0 Å². The molecule has 0 radical (unpaired) electrons. The highest BCUT2D eigenvalue weighted by molar-refractivity contribution is 5.69. The summed E-state index contributed by atoms with van der Waals surface area (Å²) in [4.78, 5) is 10.5. The second kappa shape index (κ2) is 5.19. The van der Waals surface area contributed by atoms with Gasteiger partial charge in [0, 0.05) is 6.61 Å². The van der Waals surface area contributed by atoms with Gasteiger partial charge in [-0.15, -0.1) is 0 Å². The molecule has 0 amide bonds. The lowest BCUT2D eigenvalue weighted by Gasteiger charge is -2.23. The van der Waals surface area contributed by atoms with E-state index in [0.717, 1.165) is 25.9 Å². The molecule has 4 heteroatoms. The van der Waals surface area contributed by atoms with Crippen LogP contribution in [0.2, 0.25) is 0 Å². The quantitative estimate of drug-likeness (QED) is 0.721. The number of carbonyl (C=O) groups is 1. The lowest BCUT2D eigenvalue weighted by Crippen LogP contribution is -2.26. The lowest BCUT2D eigenvalue weighted by atomic mass is 10.2. The molecule has 0 aromatic rings. The van der Waals surface area contributed by atoms with Crippen molar-refractivity contribution in [3.8, 4) is 0 Å². The van der Waals surface area contributed by atoms with E-state index in [0.29, 0.717) is 0 Å². The zero-order valence-corrected chi connectivity index (χ0v) is 7.86. The van der Waals surface area contributed by atoms with Crippen molar-refractivity contribution in [2.45, 2.75) is 32.5 Å². The molecular formula is C9H16O4. The van der Waals surface area contributed by atoms with Crippen LogP contribution in [0.5, 0.6) is 0 Å². The molecule has 1 fully saturated rings. The number of rotatable bonds is 4. The number of carboxylic acid groups (broad SMARTS) is 1. The Kier molecular flexibility index (Phi) is 4.18. The first-order chi connectivity index (χ1) is 6.20. The molecule has 1 heterocycles. The number of ether oxygens (including phenoxy) is 2. The van der Waals surface area contributed by atoms with E-state index in [9.17, 15) is 4.79 Å². The third-order valence-corrected chi connectivity index (χ3v) is 2.09. The van der Waals surface area contributed by atoms with E-state index in [-0.39, 0.29) is 12.9 Å². The number of aliphatic carboxylic acids is 1. The van der Waals surface area contributed by atoms with E-state index >= 15 is 0 Å². The topological polar surface area (TPSA) is 55.8 Å². The number of hydrogen-bond donors (Lipinski definition) is 1. The van der Waals surface area contributed by atoms with Gasteiger partial charge in [0.25, 0.3) is 0 Å². The van der Waals surface area contributed by atoms with E-state index in [1.54, 1.807) is 6.92 Å². The summed E-state index contributed by atoms with van der Waals surface area (Å²) in [6, 6.07) is 0. The van der Waals surface area contributed by atoms with Gasteiger partial charge in [0.2, 0.25) is 0 Å². The van der Waals surface area contributed by atoms with Crippen molar-refractivity contribution in [1.29, 1.82) is 0 Å².